The van der Waals surface area contributed by atoms with Gasteiger partial charge in [-0.25, -0.2) is 9.78 Å². The van der Waals surface area contributed by atoms with Crippen molar-refractivity contribution in [2.75, 3.05) is 11.9 Å². The second kappa shape index (κ2) is 12.9. The lowest BCUT2D eigenvalue weighted by Gasteiger charge is -2.40. The number of benzene rings is 2. The minimum atomic E-state index is -0.925. The molecule has 3 rings (SSSR count). The Hall–Kier alpha value is -2.90. The van der Waals surface area contributed by atoms with Crippen LogP contribution in [-0.4, -0.2) is 43.7 Å². The summed E-state index contributed by atoms with van der Waals surface area (Å²) in [4.78, 5) is 16.1. The van der Waals surface area contributed by atoms with Crippen LogP contribution in [0.15, 0.2) is 61.2 Å². The number of carbonyl (C=O) groups is 1. The van der Waals surface area contributed by atoms with Crippen LogP contribution in [0.2, 0.25) is 5.02 Å². The number of halogens is 1. The fraction of sp³-hybridized carbons (Fsp3) is 0.464. The van der Waals surface area contributed by atoms with Gasteiger partial charge in [0.2, 0.25) is 0 Å². The standard InChI is InChI=1S/C16H22ClN3O.C12H17NO2/c1-15(2,3)16(21,10-20-12-18-11-19-20)9-8-13-4-6-14(17)7-5-13;1-4-9(2)10-7-5-6-8-11(10)13(3)12(14)15/h4-7,11-12,21H,8-10H2,1-3H3;5-9H,4H2,1-3H3,(H,14,15). The number of anilines is 1. The predicted molar refractivity (Wildman–Crippen MR) is 146 cm³/mol. The zero-order valence-electron chi connectivity index (χ0n) is 22.1. The average molecular weight is 515 g/mol. The van der Waals surface area contributed by atoms with E-state index < -0.39 is 11.7 Å². The first-order chi connectivity index (χ1) is 16.9. The molecule has 0 saturated heterocycles. The molecule has 0 aliphatic heterocycles. The molecular weight excluding hydrogens is 476 g/mol. The predicted octanol–water partition coefficient (Wildman–Crippen LogP) is 6.66. The zero-order valence-corrected chi connectivity index (χ0v) is 22.9. The second-order valence-corrected chi connectivity index (χ2v) is 10.6. The summed E-state index contributed by atoms with van der Waals surface area (Å²) in [5.41, 5.74) is 1.91. The minimum Gasteiger partial charge on any atom is -0.465 e. The Labute approximate surface area is 219 Å². The fourth-order valence-corrected chi connectivity index (χ4v) is 3.93. The summed E-state index contributed by atoms with van der Waals surface area (Å²) in [5, 5.41) is 24.9. The van der Waals surface area contributed by atoms with Crippen LogP contribution < -0.4 is 4.90 Å². The van der Waals surface area contributed by atoms with E-state index >= 15 is 0 Å². The van der Waals surface area contributed by atoms with Crippen molar-refractivity contribution in [2.24, 2.45) is 5.41 Å². The number of para-hydroxylation sites is 1. The van der Waals surface area contributed by atoms with Crippen LogP contribution >= 0.6 is 11.6 Å². The number of carboxylic acid groups (broad SMARTS) is 1. The van der Waals surface area contributed by atoms with Gasteiger partial charge < -0.3 is 10.2 Å². The number of amides is 1. The van der Waals surface area contributed by atoms with Crippen LogP contribution in [-0.2, 0) is 13.0 Å². The summed E-state index contributed by atoms with van der Waals surface area (Å²) in [7, 11) is 1.57. The quantitative estimate of drug-likeness (QED) is 0.351. The Morgan fingerprint density at radius 2 is 1.78 bits per heavy atom. The van der Waals surface area contributed by atoms with E-state index in [1.165, 1.54) is 16.8 Å². The first-order valence-corrected chi connectivity index (χ1v) is 12.6. The second-order valence-electron chi connectivity index (χ2n) is 10.2. The molecule has 2 unspecified atom stereocenters. The van der Waals surface area contributed by atoms with E-state index in [1.54, 1.807) is 18.1 Å². The average Bonchev–Trinajstić information content (AvgIpc) is 3.35. The van der Waals surface area contributed by atoms with Gasteiger partial charge in [-0.1, -0.05) is 76.6 Å². The molecule has 0 aliphatic rings. The highest BCUT2D eigenvalue weighted by atomic mass is 35.5. The fourth-order valence-electron chi connectivity index (χ4n) is 3.81. The van der Waals surface area contributed by atoms with Gasteiger partial charge in [0, 0.05) is 12.1 Å². The van der Waals surface area contributed by atoms with Crippen molar-refractivity contribution in [2.45, 2.75) is 71.9 Å². The summed E-state index contributed by atoms with van der Waals surface area (Å²) in [6, 6.07) is 15.4. The molecule has 2 atom stereocenters. The molecule has 0 radical (unpaired) electrons. The van der Waals surface area contributed by atoms with Gasteiger partial charge in [0.15, 0.2) is 0 Å². The van der Waals surface area contributed by atoms with Gasteiger partial charge in [-0.2, -0.15) is 5.10 Å². The number of aryl methyl sites for hydroxylation is 1. The molecule has 0 aliphatic carbocycles. The van der Waals surface area contributed by atoms with Gasteiger partial charge >= 0.3 is 6.09 Å². The summed E-state index contributed by atoms with van der Waals surface area (Å²) >= 11 is 5.90. The van der Waals surface area contributed by atoms with E-state index in [9.17, 15) is 9.90 Å². The molecule has 3 aromatic rings. The molecule has 0 fully saturated rings. The topological polar surface area (TPSA) is 91.5 Å². The molecule has 0 bridgehead atoms. The van der Waals surface area contributed by atoms with Crippen molar-refractivity contribution in [3.63, 3.8) is 0 Å². The number of hydrogen-bond acceptors (Lipinski definition) is 4. The number of aliphatic hydroxyl groups is 1. The first kappa shape index (κ1) is 29.3. The molecule has 196 valence electrons. The van der Waals surface area contributed by atoms with Gasteiger partial charge in [0.05, 0.1) is 17.8 Å². The van der Waals surface area contributed by atoms with Crippen LogP contribution in [0.5, 0.6) is 0 Å². The van der Waals surface area contributed by atoms with E-state index in [-0.39, 0.29) is 5.41 Å². The third-order valence-electron chi connectivity index (χ3n) is 6.76. The third kappa shape index (κ3) is 8.07. The van der Waals surface area contributed by atoms with Crippen molar-refractivity contribution >= 4 is 23.4 Å². The molecule has 2 N–H and O–H groups in total. The maximum Gasteiger partial charge on any atom is 0.411 e. The van der Waals surface area contributed by atoms with Crippen molar-refractivity contribution in [1.29, 1.82) is 0 Å². The monoisotopic (exact) mass is 514 g/mol. The van der Waals surface area contributed by atoms with E-state index in [4.69, 9.17) is 16.7 Å². The molecule has 36 heavy (non-hydrogen) atoms. The molecule has 7 nitrogen and oxygen atoms in total. The maximum absolute atomic E-state index is 11.1. The highest BCUT2D eigenvalue weighted by molar-refractivity contribution is 6.30. The largest absolute Gasteiger partial charge is 0.465 e. The highest BCUT2D eigenvalue weighted by Gasteiger charge is 2.40. The van der Waals surface area contributed by atoms with Crippen LogP contribution in [0.4, 0.5) is 10.5 Å². The Morgan fingerprint density at radius 1 is 1.14 bits per heavy atom. The number of aromatic nitrogens is 3. The molecule has 2 aromatic carbocycles. The lowest BCUT2D eigenvalue weighted by atomic mass is 9.73. The number of hydrogen-bond donors (Lipinski definition) is 2. The zero-order chi connectivity index (χ0) is 26.9. The lowest BCUT2D eigenvalue weighted by Crippen LogP contribution is -2.47. The molecule has 1 heterocycles. The summed E-state index contributed by atoms with van der Waals surface area (Å²) in [6.45, 7) is 10.8. The maximum atomic E-state index is 11.1. The molecule has 8 heteroatoms. The first-order valence-electron chi connectivity index (χ1n) is 12.2. The smallest absolute Gasteiger partial charge is 0.411 e. The Balaban J connectivity index is 0.000000269. The number of nitrogens with zero attached hydrogens (tertiary/aromatic N) is 4. The summed E-state index contributed by atoms with van der Waals surface area (Å²) in [6.07, 6.45) is 4.65. The van der Waals surface area contributed by atoms with Crippen LogP contribution in [0, 0.1) is 5.41 Å². The lowest BCUT2D eigenvalue weighted by molar-refractivity contribution is -0.0796. The SMILES string of the molecule is CC(C)(C)C(O)(CCc1ccc(Cl)cc1)Cn1cncn1.CCC(C)c1ccccc1N(C)C(=O)O. The van der Waals surface area contributed by atoms with E-state index in [0.29, 0.717) is 18.9 Å². The molecular formula is C28H39ClN4O3. The van der Waals surface area contributed by atoms with Crippen LogP contribution in [0.3, 0.4) is 0 Å². The number of rotatable bonds is 8. The molecule has 0 saturated carbocycles. The van der Waals surface area contributed by atoms with Gasteiger partial charge in [0.1, 0.15) is 12.7 Å². The van der Waals surface area contributed by atoms with Crippen LogP contribution in [0.25, 0.3) is 0 Å². The van der Waals surface area contributed by atoms with E-state index in [0.717, 1.165) is 29.1 Å². The third-order valence-corrected chi connectivity index (χ3v) is 7.01. The summed E-state index contributed by atoms with van der Waals surface area (Å²) < 4.78 is 1.69. The van der Waals surface area contributed by atoms with Gasteiger partial charge in [0.25, 0.3) is 0 Å². The normalized spacial score (nSPS) is 13.8. The highest BCUT2D eigenvalue weighted by Crippen LogP contribution is 2.35. The van der Waals surface area contributed by atoms with E-state index in [2.05, 4.69) is 23.9 Å². The Morgan fingerprint density at radius 3 is 2.31 bits per heavy atom. The van der Waals surface area contributed by atoms with Gasteiger partial charge in [-0.3, -0.25) is 9.58 Å². The summed E-state index contributed by atoms with van der Waals surface area (Å²) in [5.74, 6) is 0.378. The molecule has 1 aromatic heterocycles. The van der Waals surface area contributed by atoms with Crippen molar-refractivity contribution in [3.8, 4) is 0 Å². The van der Waals surface area contributed by atoms with Crippen molar-refractivity contribution in [1.82, 2.24) is 14.8 Å². The van der Waals surface area contributed by atoms with E-state index in [1.807, 2.05) is 69.3 Å². The van der Waals surface area contributed by atoms with Gasteiger partial charge in [-0.15, -0.1) is 0 Å². The van der Waals surface area contributed by atoms with Crippen molar-refractivity contribution in [3.05, 3.63) is 77.3 Å². The molecule has 1 amide bonds. The van der Waals surface area contributed by atoms with Gasteiger partial charge in [-0.05, 0) is 59.9 Å². The minimum absolute atomic E-state index is 0.259. The Bertz CT molecular complexity index is 1080. The van der Waals surface area contributed by atoms with Crippen molar-refractivity contribution < 1.29 is 15.0 Å². The molecule has 0 spiro atoms. The van der Waals surface area contributed by atoms with Crippen LogP contribution in [0.1, 0.15) is 64.5 Å². The Kier molecular flexibility index (Phi) is 10.5.